The summed E-state index contributed by atoms with van der Waals surface area (Å²) >= 11 is -1.30. The number of nitrogens with one attached hydrogen (secondary N) is 1. The molecule has 1 spiro atoms. The molecule has 1 N–H and O–H groups in total. The van der Waals surface area contributed by atoms with E-state index in [0.717, 1.165) is 6.42 Å². The third-order valence-corrected chi connectivity index (χ3v) is 6.72. The minimum Gasteiger partial charge on any atom is -0.598 e. The molecule has 3 atom stereocenters. The molecule has 0 aromatic rings. The molecule has 1 saturated carbocycles. The first-order chi connectivity index (χ1) is 11.3. The van der Waals surface area contributed by atoms with E-state index < -0.39 is 33.9 Å². The van der Waals surface area contributed by atoms with Gasteiger partial charge in [-0.2, -0.15) is 0 Å². The summed E-state index contributed by atoms with van der Waals surface area (Å²) in [7, 11) is 0. The number of halogens is 1. The summed E-state index contributed by atoms with van der Waals surface area (Å²) in [6, 6.07) is -0.409. The van der Waals surface area contributed by atoms with E-state index in [0.29, 0.717) is 32.4 Å². The monoisotopic (exact) mass is 376 g/mol. The molecule has 5 nitrogen and oxygen atoms in total. The van der Waals surface area contributed by atoms with Crippen molar-refractivity contribution in [2.45, 2.75) is 89.8 Å². The van der Waals surface area contributed by atoms with Crippen LogP contribution < -0.4 is 4.72 Å². The van der Waals surface area contributed by atoms with Gasteiger partial charge in [-0.3, -0.25) is 0 Å². The fraction of sp³-hybridized carbons (Fsp3) is 0.944. The Morgan fingerprint density at radius 2 is 1.76 bits per heavy atom. The number of piperidine rings is 1. The second-order valence-electron chi connectivity index (χ2n) is 9.36. The van der Waals surface area contributed by atoms with Gasteiger partial charge in [-0.05, 0) is 72.6 Å². The highest BCUT2D eigenvalue weighted by atomic mass is 32.2. The molecule has 1 amide bonds. The Morgan fingerprint density at radius 1 is 1.20 bits per heavy atom. The van der Waals surface area contributed by atoms with Gasteiger partial charge >= 0.3 is 6.09 Å². The molecule has 1 saturated heterocycles. The number of ether oxygens (including phenoxy) is 1. The van der Waals surface area contributed by atoms with Gasteiger partial charge in [-0.1, -0.05) is 0 Å². The van der Waals surface area contributed by atoms with Gasteiger partial charge in [0.15, 0.2) is 0 Å². The maximum atomic E-state index is 14.5. The molecule has 2 fully saturated rings. The van der Waals surface area contributed by atoms with Crippen LogP contribution in [0.1, 0.15) is 67.2 Å². The van der Waals surface area contributed by atoms with E-state index in [1.807, 2.05) is 41.5 Å². The number of nitrogens with zero attached hydrogens (tertiary/aromatic N) is 1. The lowest BCUT2D eigenvalue weighted by Crippen LogP contribution is -2.56. The molecule has 146 valence electrons. The zero-order valence-corrected chi connectivity index (χ0v) is 17.2. The van der Waals surface area contributed by atoms with Crippen molar-refractivity contribution >= 4 is 17.5 Å². The van der Waals surface area contributed by atoms with Gasteiger partial charge in [0.25, 0.3) is 0 Å². The van der Waals surface area contributed by atoms with Crippen LogP contribution in [0.25, 0.3) is 0 Å². The topological polar surface area (TPSA) is 64.6 Å². The molecule has 0 aromatic carbocycles. The van der Waals surface area contributed by atoms with Gasteiger partial charge in [0.2, 0.25) is 0 Å². The molecular formula is C18H33FN2O3S. The van der Waals surface area contributed by atoms with Gasteiger partial charge in [0, 0.05) is 24.5 Å². The van der Waals surface area contributed by atoms with Crippen molar-refractivity contribution in [1.29, 1.82) is 0 Å². The van der Waals surface area contributed by atoms with Crippen LogP contribution in [0.3, 0.4) is 0 Å². The normalized spacial score (nSPS) is 28.2. The molecule has 1 heterocycles. The van der Waals surface area contributed by atoms with Gasteiger partial charge < -0.3 is 14.2 Å². The Bertz CT molecular complexity index is 482. The molecule has 2 aliphatic rings. The fourth-order valence-electron chi connectivity index (χ4n) is 3.64. The van der Waals surface area contributed by atoms with Crippen LogP contribution in [0.4, 0.5) is 9.18 Å². The molecule has 7 heteroatoms. The number of alkyl halides is 1. The molecule has 25 heavy (non-hydrogen) atoms. The standard InChI is InChI=1S/C18H33FN2O3S/c1-16(2,3)24-15(22)21-11-9-18(10-12-21)8-7-13(19)14(18)20-25(23)17(4,5)6/h13-14,20H,7-12H2,1-6H3/t13-,14+,25-/m1/s1. The Balaban J connectivity index is 2.01. The van der Waals surface area contributed by atoms with Gasteiger partial charge in [-0.25, -0.2) is 9.18 Å². The summed E-state index contributed by atoms with van der Waals surface area (Å²) in [5.41, 5.74) is -0.740. The third-order valence-electron chi connectivity index (χ3n) is 5.14. The van der Waals surface area contributed by atoms with Crippen molar-refractivity contribution < 1.29 is 18.5 Å². The van der Waals surface area contributed by atoms with Crippen LogP contribution in [0.2, 0.25) is 0 Å². The number of hydrogen-bond acceptors (Lipinski definition) is 4. The average molecular weight is 377 g/mol. The van der Waals surface area contributed by atoms with Crippen molar-refractivity contribution in [2.24, 2.45) is 5.41 Å². The smallest absolute Gasteiger partial charge is 0.410 e. The fourth-order valence-corrected chi connectivity index (χ4v) is 4.63. The van der Waals surface area contributed by atoms with Crippen molar-refractivity contribution in [3.8, 4) is 0 Å². The number of likely N-dealkylation sites (tertiary alicyclic amines) is 1. The Kier molecular flexibility index (Phi) is 6.01. The summed E-state index contributed by atoms with van der Waals surface area (Å²) in [6.45, 7) is 12.3. The van der Waals surface area contributed by atoms with E-state index >= 15 is 0 Å². The molecule has 1 aliphatic heterocycles. The lowest BCUT2D eigenvalue weighted by Gasteiger charge is -2.43. The summed E-state index contributed by atoms with van der Waals surface area (Å²) in [4.78, 5) is 13.9. The first-order valence-corrected chi connectivity index (χ1v) is 10.3. The third kappa shape index (κ3) is 5.01. The molecule has 0 aromatic heterocycles. The first-order valence-electron chi connectivity index (χ1n) is 9.14. The summed E-state index contributed by atoms with van der Waals surface area (Å²) in [6.07, 6.45) is 1.40. The van der Waals surface area contributed by atoms with Gasteiger partial charge in [0.1, 0.15) is 16.5 Å². The highest BCUT2D eigenvalue weighted by Gasteiger charge is 2.53. The molecule has 0 bridgehead atoms. The van der Waals surface area contributed by atoms with Crippen LogP contribution in [0.15, 0.2) is 0 Å². The van der Waals surface area contributed by atoms with E-state index in [2.05, 4.69) is 4.72 Å². The first kappa shape index (κ1) is 20.8. The SMILES string of the molecule is CC(C)(C)OC(=O)N1CCC2(CC[C@@H](F)[C@@H]2N[S@+]([O-])C(C)(C)C)CC1. The maximum Gasteiger partial charge on any atom is 0.410 e. The Morgan fingerprint density at radius 3 is 2.24 bits per heavy atom. The van der Waals surface area contributed by atoms with Crippen LogP contribution in [0.5, 0.6) is 0 Å². The molecule has 2 rings (SSSR count). The average Bonchev–Trinajstić information content (AvgIpc) is 2.75. The van der Waals surface area contributed by atoms with Crippen molar-refractivity contribution in [1.82, 2.24) is 9.62 Å². The van der Waals surface area contributed by atoms with Crippen LogP contribution in [-0.2, 0) is 16.1 Å². The minimum absolute atomic E-state index is 0.223. The van der Waals surface area contributed by atoms with E-state index in [9.17, 15) is 13.7 Å². The zero-order chi connectivity index (χ0) is 19.0. The predicted molar refractivity (Wildman–Crippen MR) is 98.4 cm³/mol. The van der Waals surface area contributed by atoms with Crippen LogP contribution >= 0.6 is 0 Å². The molecule has 0 radical (unpaired) electrons. The zero-order valence-electron chi connectivity index (χ0n) is 16.4. The Hall–Kier alpha value is -0.530. The van der Waals surface area contributed by atoms with E-state index in [1.54, 1.807) is 4.90 Å². The number of rotatable bonds is 2. The maximum absolute atomic E-state index is 14.5. The number of amides is 1. The van der Waals surface area contributed by atoms with Crippen molar-refractivity contribution in [3.63, 3.8) is 0 Å². The minimum atomic E-state index is -1.30. The lowest BCUT2D eigenvalue weighted by molar-refractivity contribution is 0.00682. The highest BCUT2D eigenvalue weighted by molar-refractivity contribution is 7.90. The number of carbonyl (C=O) groups is 1. The summed E-state index contributed by atoms with van der Waals surface area (Å²) in [5, 5.41) is 0. The van der Waals surface area contributed by atoms with E-state index in [-0.39, 0.29) is 11.5 Å². The van der Waals surface area contributed by atoms with Gasteiger partial charge in [-0.15, -0.1) is 4.72 Å². The second-order valence-corrected chi connectivity index (χ2v) is 11.4. The quantitative estimate of drug-likeness (QED) is 0.749. The molecule has 0 unspecified atom stereocenters. The summed E-state index contributed by atoms with van der Waals surface area (Å²) < 4.78 is 35.1. The van der Waals surface area contributed by atoms with Crippen LogP contribution in [0, 0.1) is 5.41 Å². The van der Waals surface area contributed by atoms with Gasteiger partial charge in [0.05, 0.1) is 6.04 Å². The van der Waals surface area contributed by atoms with Crippen molar-refractivity contribution in [3.05, 3.63) is 0 Å². The Labute approximate surface area is 154 Å². The highest BCUT2D eigenvalue weighted by Crippen LogP contribution is 2.48. The second kappa shape index (κ2) is 7.24. The predicted octanol–water partition coefficient (Wildman–Crippen LogP) is 3.56. The molecular weight excluding hydrogens is 343 g/mol. The largest absolute Gasteiger partial charge is 0.598 e. The number of carbonyl (C=O) groups excluding carboxylic acids is 1. The van der Waals surface area contributed by atoms with E-state index in [4.69, 9.17) is 4.74 Å². The lowest BCUT2D eigenvalue weighted by atomic mass is 9.74. The van der Waals surface area contributed by atoms with E-state index in [1.165, 1.54) is 0 Å². The number of hydrogen-bond donors (Lipinski definition) is 1. The molecule has 1 aliphatic carbocycles. The summed E-state index contributed by atoms with van der Waals surface area (Å²) in [5.74, 6) is 0. The van der Waals surface area contributed by atoms with Crippen LogP contribution in [-0.4, -0.2) is 51.2 Å². The van der Waals surface area contributed by atoms with Crippen molar-refractivity contribution in [2.75, 3.05) is 13.1 Å².